The molecule has 2 aromatic carbocycles. The average Bonchev–Trinajstić information content (AvgIpc) is 3.07. The third-order valence-electron chi connectivity index (χ3n) is 4.47. The van der Waals surface area contributed by atoms with Gasteiger partial charge in [0.1, 0.15) is 0 Å². The number of esters is 1. The second-order valence-electron chi connectivity index (χ2n) is 6.62. The molecule has 2 amide bonds. The summed E-state index contributed by atoms with van der Waals surface area (Å²) in [7, 11) is 0. The van der Waals surface area contributed by atoms with Crippen molar-refractivity contribution in [2.75, 3.05) is 23.4 Å². The first-order chi connectivity index (χ1) is 13.7. The molecule has 1 aliphatic heterocycles. The van der Waals surface area contributed by atoms with Crippen molar-refractivity contribution in [2.45, 2.75) is 13.3 Å². The molecular formula is C20H17BrCl2N2O4. The van der Waals surface area contributed by atoms with Crippen LogP contribution in [-0.4, -0.2) is 30.9 Å². The van der Waals surface area contributed by atoms with E-state index in [2.05, 4.69) is 21.2 Å². The molecule has 1 atom stereocenters. The van der Waals surface area contributed by atoms with Crippen LogP contribution in [0.15, 0.2) is 40.9 Å². The molecule has 1 heterocycles. The van der Waals surface area contributed by atoms with E-state index in [-0.39, 0.29) is 18.9 Å². The standard InChI is InChI=1S/C20H17BrCl2N2O4/c1-11-2-4-14(8-16(11)22)25-9-12(6-19(25)27)20(28)29-10-18(26)24-13-3-5-15(21)17(23)7-13/h2-5,7-8,12H,6,9-10H2,1H3,(H,24,26)/t12-/m0/s1. The number of hydrogen-bond acceptors (Lipinski definition) is 4. The van der Waals surface area contributed by atoms with Gasteiger partial charge in [-0.15, -0.1) is 0 Å². The van der Waals surface area contributed by atoms with Crippen LogP contribution in [0.3, 0.4) is 0 Å². The molecule has 152 valence electrons. The number of nitrogens with zero attached hydrogens (tertiary/aromatic N) is 1. The van der Waals surface area contributed by atoms with Gasteiger partial charge in [-0.2, -0.15) is 0 Å². The summed E-state index contributed by atoms with van der Waals surface area (Å²) in [5.41, 5.74) is 2.01. The normalized spacial score (nSPS) is 16.1. The predicted molar refractivity (Wildman–Crippen MR) is 115 cm³/mol. The van der Waals surface area contributed by atoms with Crippen LogP contribution in [-0.2, 0) is 19.1 Å². The van der Waals surface area contributed by atoms with Crippen LogP contribution < -0.4 is 10.2 Å². The van der Waals surface area contributed by atoms with Crippen LogP contribution in [0.25, 0.3) is 0 Å². The van der Waals surface area contributed by atoms with Crippen LogP contribution in [0.5, 0.6) is 0 Å². The van der Waals surface area contributed by atoms with E-state index in [1.165, 1.54) is 4.90 Å². The van der Waals surface area contributed by atoms with Crippen LogP contribution in [0.4, 0.5) is 11.4 Å². The lowest BCUT2D eigenvalue weighted by Gasteiger charge is -2.17. The van der Waals surface area contributed by atoms with Gasteiger partial charge in [0, 0.05) is 33.8 Å². The fourth-order valence-corrected chi connectivity index (χ4v) is 3.49. The minimum Gasteiger partial charge on any atom is -0.455 e. The molecular weight excluding hydrogens is 483 g/mol. The van der Waals surface area contributed by atoms with Crippen molar-refractivity contribution in [2.24, 2.45) is 5.92 Å². The van der Waals surface area contributed by atoms with E-state index in [0.29, 0.717) is 25.9 Å². The summed E-state index contributed by atoms with van der Waals surface area (Å²) >= 11 is 15.4. The SMILES string of the molecule is Cc1ccc(N2C[C@@H](C(=O)OCC(=O)Nc3ccc(Br)c(Cl)c3)CC2=O)cc1Cl. The Morgan fingerprint density at radius 1 is 1.21 bits per heavy atom. The van der Waals surface area contributed by atoms with E-state index in [0.717, 1.165) is 5.56 Å². The quantitative estimate of drug-likeness (QED) is 0.610. The van der Waals surface area contributed by atoms with Crippen molar-refractivity contribution in [1.82, 2.24) is 0 Å². The predicted octanol–water partition coefficient (Wildman–Crippen LogP) is 4.60. The Kier molecular flexibility index (Phi) is 6.82. The largest absolute Gasteiger partial charge is 0.455 e. The van der Waals surface area contributed by atoms with Gasteiger partial charge in [-0.05, 0) is 58.7 Å². The lowest BCUT2D eigenvalue weighted by atomic mass is 10.1. The fraction of sp³-hybridized carbons (Fsp3) is 0.250. The van der Waals surface area contributed by atoms with Crippen molar-refractivity contribution in [3.63, 3.8) is 0 Å². The van der Waals surface area contributed by atoms with Gasteiger partial charge < -0.3 is 15.0 Å². The van der Waals surface area contributed by atoms with Crippen molar-refractivity contribution in [1.29, 1.82) is 0 Å². The number of hydrogen-bond donors (Lipinski definition) is 1. The molecule has 1 aliphatic rings. The molecule has 0 radical (unpaired) electrons. The zero-order chi connectivity index (χ0) is 21.1. The summed E-state index contributed by atoms with van der Waals surface area (Å²) in [6.45, 7) is 1.60. The molecule has 0 aromatic heterocycles. The number of nitrogens with one attached hydrogen (secondary N) is 1. The van der Waals surface area contributed by atoms with Gasteiger partial charge in [0.05, 0.1) is 10.9 Å². The van der Waals surface area contributed by atoms with E-state index in [9.17, 15) is 14.4 Å². The highest BCUT2D eigenvalue weighted by atomic mass is 79.9. The van der Waals surface area contributed by atoms with Gasteiger partial charge in [0.15, 0.2) is 6.61 Å². The highest BCUT2D eigenvalue weighted by Crippen LogP contribution is 2.29. The Hall–Kier alpha value is -2.09. The third kappa shape index (κ3) is 5.29. The Morgan fingerprint density at radius 2 is 1.97 bits per heavy atom. The summed E-state index contributed by atoms with van der Waals surface area (Å²) in [4.78, 5) is 38.1. The van der Waals surface area contributed by atoms with Gasteiger partial charge in [-0.25, -0.2) is 0 Å². The number of carbonyl (C=O) groups is 3. The summed E-state index contributed by atoms with van der Waals surface area (Å²) in [6, 6.07) is 10.2. The maximum absolute atomic E-state index is 12.3. The molecule has 0 spiro atoms. The number of ether oxygens (including phenoxy) is 1. The van der Waals surface area contributed by atoms with Gasteiger partial charge in [0.25, 0.3) is 5.91 Å². The van der Waals surface area contributed by atoms with Crippen molar-refractivity contribution in [3.8, 4) is 0 Å². The monoisotopic (exact) mass is 498 g/mol. The molecule has 1 saturated heterocycles. The number of aryl methyl sites for hydroxylation is 1. The first-order valence-corrected chi connectivity index (χ1v) is 10.3. The molecule has 3 rings (SSSR count). The topological polar surface area (TPSA) is 75.7 Å². The summed E-state index contributed by atoms with van der Waals surface area (Å²) in [6.07, 6.45) is 0.0221. The number of rotatable bonds is 5. The van der Waals surface area contributed by atoms with Crippen molar-refractivity contribution in [3.05, 3.63) is 56.5 Å². The fourth-order valence-electron chi connectivity index (χ4n) is 2.89. The van der Waals surface area contributed by atoms with E-state index in [1.54, 1.807) is 30.3 Å². The zero-order valence-electron chi connectivity index (χ0n) is 15.4. The van der Waals surface area contributed by atoms with Crippen molar-refractivity contribution < 1.29 is 19.1 Å². The summed E-state index contributed by atoms with van der Waals surface area (Å²) in [5.74, 6) is -1.93. The maximum Gasteiger partial charge on any atom is 0.311 e. The number of carbonyl (C=O) groups excluding carboxylic acids is 3. The third-order valence-corrected chi connectivity index (χ3v) is 6.11. The summed E-state index contributed by atoms with van der Waals surface area (Å²) in [5, 5.41) is 3.59. The Morgan fingerprint density at radius 3 is 2.66 bits per heavy atom. The number of anilines is 2. The van der Waals surface area contributed by atoms with E-state index in [4.69, 9.17) is 27.9 Å². The summed E-state index contributed by atoms with van der Waals surface area (Å²) < 4.78 is 5.79. The maximum atomic E-state index is 12.3. The minimum absolute atomic E-state index is 0.0221. The second-order valence-corrected chi connectivity index (χ2v) is 8.29. The molecule has 0 aliphatic carbocycles. The lowest BCUT2D eigenvalue weighted by molar-refractivity contribution is -0.151. The zero-order valence-corrected chi connectivity index (χ0v) is 18.5. The Labute approximate surface area is 186 Å². The van der Waals surface area contributed by atoms with Gasteiger partial charge in [-0.3, -0.25) is 14.4 Å². The molecule has 1 N–H and O–H groups in total. The van der Waals surface area contributed by atoms with Gasteiger partial charge in [-0.1, -0.05) is 29.3 Å². The lowest BCUT2D eigenvalue weighted by Crippen LogP contribution is -2.28. The Balaban J connectivity index is 1.54. The van der Waals surface area contributed by atoms with Crippen LogP contribution in [0, 0.1) is 12.8 Å². The number of benzene rings is 2. The number of amides is 2. The van der Waals surface area contributed by atoms with Crippen molar-refractivity contribution >= 4 is 68.3 Å². The molecule has 9 heteroatoms. The molecule has 0 unspecified atom stereocenters. The van der Waals surface area contributed by atoms with Crippen LogP contribution in [0.1, 0.15) is 12.0 Å². The Bertz CT molecular complexity index is 983. The van der Waals surface area contributed by atoms with Crippen LogP contribution >= 0.6 is 39.1 Å². The molecule has 29 heavy (non-hydrogen) atoms. The molecule has 0 saturated carbocycles. The highest BCUT2D eigenvalue weighted by Gasteiger charge is 2.36. The molecule has 1 fully saturated rings. The molecule has 2 aromatic rings. The number of halogens is 3. The first kappa shape index (κ1) is 21.6. The van der Waals surface area contributed by atoms with Crippen LogP contribution in [0.2, 0.25) is 10.0 Å². The highest BCUT2D eigenvalue weighted by molar-refractivity contribution is 9.10. The smallest absolute Gasteiger partial charge is 0.311 e. The van der Waals surface area contributed by atoms with Gasteiger partial charge in [0.2, 0.25) is 5.91 Å². The first-order valence-electron chi connectivity index (χ1n) is 8.72. The molecule has 0 bridgehead atoms. The van der Waals surface area contributed by atoms with E-state index >= 15 is 0 Å². The van der Waals surface area contributed by atoms with Gasteiger partial charge >= 0.3 is 5.97 Å². The average molecular weight is 500 g/mol. The minimum atomic E-state index is -0.641. The van der Waals surface area contributed by atoms with E-state index < -0.39 is 24.4 Å². The molecule has 6 nitrogen and oxygen atoms in total. The van der Waals surface area contributed by atoms with E-state index in [1.807, 2.05) is 13.0 Å². The second kappa shape index (κ2) is 9.15.